The number of rotatable bonds is 4. The van der Waals surface area contributed by atoms with Crippen molar-refractivity contribution in [2.24, 2.45) is 0 Å². The van der Waals surface area contributed by atoms with E-state index >= 15 is 0 Å². The van der Waals surface area contributed by atoms with E-state index in [1.54, 1.807) is 10.4 Å². The van der Waals surface area contributed by atoms with E-state index in [1.165, 1.54) is 17.4 Å². The zero-order valence-corrected chi connectivity index (χ0v) is 14.6. The van der Waals surface area contributed by atoms with Gasteiger partial charge < -0.3 is 4.90 Å². The molecule has 3 rings (SSSR count). The minimum absolute atomic E-state index is 0.235. The maximum absolute atomic E-state index is 12.9. The van der Waals surface area contributed by atoms with Crippen LogP contribution in [-0.4, -0.2) is 41.0 Å². The van der Waals surface area contributed by atoms with Gasteiger partial charge in [0.15, 0.2) is 0 Å². The lowest BCUT2D eigenvalue weighted by molar-refractivity contribution is -0.384. The van der Waals surface area contributed by atoms with Gasteiger partial charge in [0.25, 0.3) is 5.69 Å². The van der Waals surface area contributed by atoms with Gasteiger partial charge >= 0.3 is 6.18 Å². The van der Waals surface area contributed by atoms with Gasteiger partial charge in [-0.15, -0.1) is 11.3 Å². The van der Waals surface area contributed by atoms with Gasteiger partial charge in [-0.3, -0.25) is 15.0 Å². The number of hydrogen-bond donors (Lipinski definition) is 0. The van der Waals surface area contributed by atoms with Gasteiger partial charge in [0, 0.05) is 44.2 Å². The van der Waals surface area contributed by atoms with Crippen LogP contribution in [-0.2, 0) is 12.7 Å². The molecule has 140 valence electrons. The van der Waals surface area contributed by atoms with Crippen molar-refractivity contribution in [3.63, 3.8) is 0 Å². The molecular formula is C16H17F3N4O2S. The minimum atomic E-state index is -4.60. The number of benzene rings is 1. The number of nitrogens with zero attached hydrogens (tertiary/aromatic N) is 4. The van der Waals surface area contributed by atoms with E-state index < -0.39 is 22.4 Å². The van der Waals surface area contributed by atoms with Crippen molar-refractivity contribution in [3.8, 4) is 0 Å². The van der Waals surface area contributed by atoms with Crippen molar-refractivity contribution in [2.45, 2.75) is 19.1 Å². The number of anilines is 1. The molecule has 0 unspecified atom stereocenters. The first-order chi connectivity index (χ1) is 12.3. The SMILES string of the molecule is O=[N+]([O-])c1cc(C(F)(F)F)ccc1N1CCCN(Cc2cscn2)CC1. The van der Waals surface area contributed by atoms with Gasteiger partial charge in [0.05, 0.1) is 21.7 Å². The Bertz CT molecular complexity index is 767. The minimum Gasteiger partial charge on any atom is -0.365 e. The average Bonchev–Trinajstić information content (AvgIpc) is 2.98. The van der Waals surface area contributed by atoms with E-state index in [2.05, 4.69) is 9.88 Å². The topological polar surface area (TPSA) is 62.5 Å². The molecule has 10 heteroatoms. The van der Waals surface area contributed by atoms with Crippen LogP contribution in [0.4, 0.5) is 24.5 Å². The first-order valence-corrected chi connectivity index (χ1v) is 8.99. The molecular weight excluding hydrogens is 369 g/mol. The van der Waals surface area contributed by atoms with Crippen LogP contribution in [0.5, 0.6) is 0 Å². The van der Waals surface area contributed by atoms with Crippen molar-refractivity contribution < 1.29 is 18.1 Å². The van der Waals surface area contributed by atoms with Gasteiger partial charge in [-0.2, -0.15) is 13.2 Å². The summed E-state index contributed by atoms with van der Waals surface area (Å²) in [6, 6.07) is 2.73. The van der Waals surface area contributed by atoms with E-state index in [4.69, 9.17) is 0 Å². The van der Waals surface area contributed by atoms with Gasteiger partial charge in [-0.25, -0.2) is 4.98 Å². The van der Waals surface area contributed by atoms with Crippen molar-refractivity contribution in [3.05, 3.63) is 50.5 Å². The van der Waals surface area contributed by atoms with Crippen LogP contribution < -0.4 is 4.90 Å². The fraction of sp³-hybridized carbons (Fsp3) is 0.438. The zero-order chi connectivity index (χ0) is 18.7. The maximum atomic E-state index is 12.9. The molecule has 2 aromatic rings. The van der Waals surface area contributed by atoms with Crippen molar-refractivity contribution in [2.75, 3.05) is 31.1 Å². The number of thiazole rings is 1. The molecule has 0 saturated carbocycles. The standard InChI is InChI=1S/C16H17F3N4O2S/c17-16(18,19)12-2-3-14(15(8-12)23(24)25)22-5-1-4-21(6-7-22)9-13-10-26-11-20-13/h2-3,8,10-11H,1,4-7,9H2. The highest BCUT2D eigenvalue weighted by Gasteiger charge is 2.34. The molecule has 1 aliphatic rings. The molecule has 1 fully saturated rings. The molecule has 0 spiro atoms. The summed E-state index contributed by atoms with van der Waals surface area (Å²) >= 11 is 1.52. The Morgan fingerprint density at radius 1 is 1.23 bits per heavy atom. The van der Waals surface area contributed by atoms with Gasteiger partial charge in [-0.1, -0.05) is 0 Å². The Morgan fingerprint density at radius 2 is 2.04 bits per heavy atom. The number of nitro groups is 1. The van der Waals surface area contributed by atoms with Crippen molar-refractivity contribution >= 4 is 22.7 Å². The number of halogens is 3. The lowest BCUT2D eigenvalue weighted by atomic mass is 10.1. The van der Waals surface area contributed by atoms with Crippen LogP contribution in [0.3, 0.4) is 0 Å². The molecule has 1 aliphatic heterocycles. The highest BCUT2D eigenvalue weighted by Crippen LogP contribution is 2.36. The third-order valence-corrected chi connectivity index (χ3v) is 4.93. The molecule has 1 aromatic heterocycles. The van der Waals surface area contributed by atoms with Gasteiger partial charge in [0.1, 0.15) is 5.69 Å². The quantitative estimate of drug-likeness (QED) is 0.591. The van der Waals surface area contributed by atoms with E-state index in [0.29, 0.717) is 32.2 Å². The molecule has 6 nitrogen and oxygen atoms in total. The fourth-order valence-electron chi connectivity index (χ4n) is 3.03. The number of alkyl halides is 3. The summed E-state index contributed by atoms with van der Waals surface area (Å²) in [7, 11) is 0. The third-order valence-electron chi connectivity index (χ3n) is 4.30. The van der Waals surface area contributed by atoms with E-state index in [0.717, 1.165) is 24.7 Å². The predicted octanol–water partition coefficient (Wildman–Crippen LogP) is 3.78. The fourth-order valence-corrected chi connectivity index (χ4v) is 3.58. The normalized spacial score (nSPS) is 16.5. The maximum Gasteiger partial charge on any atom is 0.416 e. The van der Waals surface area contributed by atoms with Crippen LogP contribution in [0.2, 0.25) is 0 Å². The summed E-state index contributed by atoms with van der Waals surface area (Å²) in [6.07, 6.45) is -3.84. The summed E-state index contributed by atoms with van der Waals surface area (Å²) < 4.78 is 38.6. The molecule has 26 heavy (non-hydrogen) atoms. The second kappa shape index (κ2) is 7.58. The Labute approximate surface area is 152 Å². The summed E-state index contributed by atoms with van der Waals surface area (Å²) in [4.78, 5) is 18.8. The Balaban J connectivity index is 1.77. The molecule has 0 radical (unpaired) electrons. The molecule has 2 heterocycles. The second-order valence-electron chi connectivity index (χ2n) is 6.05. The Hall–Kier alpha value is -2.20. The number of nitro benzene ring substituents is 1. The van der Waals surface area contributed by atoms with Gasteiger partial charge in [-0.05, 0) is 18.6 Å². The molecule has 0 bridgehead atoms. The van der Waals surface area contributed by atoms with Gasteiger partial charge in [0.2, 0.25) is 0 Å². The lowest BCUT2D eigenvalue weighted by Crippen LogP contribution is -2.31. The van der Waals surface area contributed by atoms with Crippen LogP contribution >= 0.6 is 11.3 Å². The highest BCUT2D eigenvalue weighted by atomic mass is 32.1. The summed E-state index contributed by atoms with van der Waals surface area (Å²) in [5.41, 5.74) is 1.47. The predicted molar refractivity (Wildman–Crippen MR) is 92.3 cm³/mol. The Kier molecular flexibility index (Phi) is 5.42. The monoisotopic (exact) mass is 386 g/mol. The highest BCUT2D eigenvalue weighted by molar-refractivity contribution is 7.07. The van der Waals surface area contributed by atoms with E-state index in [9.17, 15) is 23.3 Å². The van der Waals surface area contributed by atoms with Crippen LogP contribution in [0.25, 0.3) is 0 Å². The number of aromatic nitrogens is 1. The van der Waals surface area contributed by atoms with Crippen molar-refractivity contribution in [1.29, 1.82) is 0 Å². The second-order valence-corrected chi connectivity index (χ2v) is 6.77. The van der Waals surface area contributed by atoms with Crippen LogP contribution in [0.1, 0.15) is 17.7 Å². The van der Waals surface area contributed by atoms with Crippen LogP contribution in [0.15, 0.2) is 29.1 Å². The molecule has 1 aromatic carbocycles. The third kappa shape index (κ3) is 4.31. The largest absolute Gasteiger partial charge is 0.416 e. The number of hydrogen-bond acceptors (Lipinski definition) is 6. The van der Waals surface area contributed by atoms with Crippen molar-refractivity contribution in [1.82, 2.24) is 9.88 Å². The molecule has 0 N–H and O–H groups in total. The average molecular weight is 386 g/mol. The molecule has 0 atom stereocenters. The molecule has 1 saturated heterocycles. The van der Waals surface area contributed by atoms with Crippen LogP contribution in [0, 0.1) is 10.1 Å². The first-order valence-electron chi connectivity index (χ1n) is 8.04. The lowest BCUT2D eigenvalue weighted by Gasteiger charge is -2.23. The summed E-state index contributed by atoms with van der Waals surface area (Å²) in [6.45, 7) is 3.24. The smallest absolute Gasteiger partial charge is 0.365 e. The van der Waals surface area contributed by atoms with E-state index in [-0.39, 0.29) is 5.69 Å². The molecule has 0 aliphatic carbocycles. The summed E-state index contributed by atoms with van der Waals surface area (Å²) in [5, 5.41) is 13.3. The first kappa shape index (κ1) is 18.6. The zero-order valence-electron chi connectivity index (χ0n) is 13.8. The van der Waals surface area contributed by atoms with E-state index in [1.807, 2.05) is 5.38 Å². The summed E-state index contributed by atoms with van der Waals surface area (Å²) in [5.74, 6) is 0. The molecule has 0 amide bonds. The Morgan fingerprint density at radius 3 is 2.69 bits per heavy atom.